The fraction of sp³-hybridized carbons (Fsp3) is 0.357. The molecular weight excluding hydrogens is 258 g/mol. The number of likely N-dealkylation sites (tertiary alicyclic amines) is 1. The minimum absolute atomic E-state index is 0.0495. The first-order valence-corrected chi connectivity index (χ1v) is 6.52. The third-order valence-corrected chi connectivity index (χ3v) is 3.85. The van der Waals surface area contributed by atoms with Crippen LogP contribution in [0.3, 0.4) is 0 Å². The van der Waals surface area contributed by atoms with Gasteiger partial charge < -0.3 is 0 Å². The quantitative estimate of drug-likeness (QED) is 0.342. The van der Waals surface area contributed by atoms with Gasteiger partial charge in [0.1, 0.15) is 0 Å². The Kier molecular flexibility index (Phi) is 3.02. The molecule has 1 saturated carbocycles. The fourth-order valence-electron chi connectivity index (χ4n) is 2.59. The number of fused-ring (bicyclic) bond motifs is 1. The smallest absolute Gasteiger partial charge is 0.238 e. The first-order chi connectivity index (χ1) is 9.60. The number of rotatable bonds is 4. The number of nitrogens with zero attached hydrogens (tertiary/aromatic N) is 1. The van der Waals surface area contributed by atoms with Gasteiger partial charge in [0.15, 0.2) is 0 Å². The molecule has 104 valence electrons. The highest BCUT2D eigenvalue weighted by molar-refractivity contribution is 6.08. The number of carbonyl (C=O) groups excluding carboxylic acids is 3. The highest BCUT2D eigenvalue weighted by Gasteiger charge is 2.58. The van der Waals surface area contributed by atoms with Gasteiger partial charge in [0.2, 0.25) is 17.7 Å². The van der Waals surface area contributed by atoms with Crippen LogP contribution in [0.4, 0.5) is 0 Å². The molecule has 0 aromatic heterocycles. The maximum atomic E-state index is 11.9. The summed E-state index contributed by atoms with van der Waals surface area (Å²) < 4.78 is 0. The van der Waals surface area contributed by atoms with Crippen molar-refractivity contribution in [1.82, 2.24) is 10.3 Å². The first kappa shape index (κ1) is 12.8. The predicted molar refractivity (Wildman–Crippen MR) is 69.6 cm³/mol. The van der Waals surface area contributed by atoms with Crippen LogP contribution in [0, 0.1) is 11.8 Å². The Bertz CT molecular complexity index is 562. The van der Waals surface area contributed by atoms with E-state index in [-0.39, 0.29) is 36.0 Å². The van der Waals surface area contributed by atoms with E-state index in [0.29, 0.717) is 6.54 Å². The van der Waals surface area contributed by atoms with Crippen LogP contribution >= 0.6 is 0 Å². The summed E-state index contributed by atoms with van der Waals surface area (Å²) in [6.07, 6.45) is 0.934. The average molecular weight is 273 g/mol. The Hall–Kier alpha value is -2.21. The van der Waals surface area contributed by atoms with Crippen LogP contribution in [0.5, 0.6) is 0 Å². The summed E-state index contributed by atoms with van der Waals surface area (Å²) in [5.74, 6) is 4.54. The zero-order chi connectivity index (χ0) is 14.3. The van der Waals surface area contributed by atoms with E-state index in [4.69, 9.17) is 5.84 Å². The number of hydrogen-bond donors (Lipinski definition) is 2. The molecule has 2 aliphatic rings. The van der Waals surface area contributed by atoms with Crippen LogP contribution in [-0.4, -0.2) is 22.6 Å². The number of nitrogens with one attached hydrogen (secondary N) is 1. The molecule has 6 nitrogen and oxygen atoms in total. The van der Waals surface area contributed by atoms with E-state index >= 15 is 0 Å². The zero-order valence-electron chi connectivity index (χ0n) is 10.8. The van der Waals surface area contributed by atoms with E-state index in [0.717, 1.165) is 17.5 Å². The molecule has 6 heteroatoms. The summed E-state index contributed by atoms with van der Waals surface area (Å²) in [6.45, 7) is 0.314. The molecule has 1 aliphatic heterocycles. The topological polar surface area (TPSA) is 92.5 Å². The fourth-order valence-corrected chi connectivity index (χ4v) is 2.59. The van der Waals surface area contributed by atoms with E-state index in [1.807, 2.05) is 12.1 Å². The third kappa shape index (κ3) is 2.18. The highest BCUT2D eigenvalue weighted by Crippen LogP contribution is 2.47. The number of benzene rings is 1. The lowest BCUT2D eigenvalue weighted by atomic mass is 10.1. The predicted octanol–water partition coefficient (Wildman–Crippen LogP) is -0.276. The minimum atomic E-state index is -0.261. The molecule has 0 radical (unpaired) electrons. The molecule has 1 saturated heterocycles. The van der Waals surface area contributed by atoms with Crippen molar-refractivity contribution in [2.24, 2.45) is 17.7 Å². The van der Waals surface area contributed by atoms with E-state index in [1.54, 1.807) is 12.1 Å². The van der Waals surface area contributed by atoms with Crippen molar-refractivity contribution >= 4 is 17.7 Å². The van der Waals surface area contributed by atoms with Crippen LogP contribution < -0.4 is 11.3 Å². The van der Waals surface area contributed by atoms with Gasteiger partial charge in [-0.1, -0.05) is 24.3 Å². The van der Waals surface area contributed by atoms with Crippen LogP contribution in [0.15, 0.2) is 24.3 Å². The molecule has 2 unspecified atom stereocenters. The SMILES string of the molecule is NNC(=O)Cc1ccc(CN2C(=O)C3CC3C2=O)cc1. The van der Waals surface area contributed by atoms with Gasteiger partial charge in [0.25, 0.3) is 0 Å². The maximum absolute atomic E-state index is 11.9. The van der Waals surface area contributed by atoms with Crippen LogP contribution in [-0.2, 0) is 27.3 Å². The van der Waals surface area contributed by atoms with Crippen LogP contribution in [0.2, 0.25) is 0 Å². The van der Waals surface area contributed by atoms with Crippen molar-refractivity contribution in [1.29, 1.82) is 0 Å². The highest BCUT2D eigenvalue weighted by atomic mass is 16.2. The molecule has 0 bridgehead atoms. The van der Waals surface area contributed by atoms with Crippen molar-refractivity contribution in [3.63, 3.8) is 0 Å². The van der Waals surface area contributed by atoms with Gasteiger partial charge >= 0.3 is 0 Å². The maximum Gasteiger partial charge on any atom is 0.238 e. The van der Waals surface area contributed by atoms with E-state index in [9.17, 15) is 14.4 Å². The molecule has 1 aromatic rings. The lowest BCUT2D eigenvalue weighted by molar-refractivity contribution is -0.142. The molecule has 2 atom stereocenters. The van der Waals surface area contributed by atoms with E-state index in [2.05, 4.69) is 5.43 Å². The largest absolute Gasteiger partial charge is 0.294 e. The van der Waals surface area contributed by atoms with Gasteiger partial charge in [-0.05, 0) is 17.5 Å². The molecular formula is C14H15N3O3. The molecule has 2 fully saturated rings. The van der Waals surface area contributed by atoms with Crippen molar-refractivity contribution in [3.05, 3.63) is 35.4 Å². The lowest BCUT2D eigenvalue weighted by Gasteiger charge is -2.16. The molecule has 3 N–H and O–H groups in total. The van der Waals surface area contributed by atoms with Crippen molar-refractivity contribution in [3.8, 4) is 0 Å². The second kappa shape index (κ2) is 4.72. The summed E-state index contributed by atoms with van der Waals surface area (Å²) in [5, 5.41) is 0. The zero-order valence-corrected chi connectivity index (χ0v) is 10.8. The molecule has 1 aliphatic carbocycles. The number of hydrazine groups is 1. The Labute approximate surface area is 115 Å². The minimum Gasteiger partial charge on any atom is -0.294 e. The first-order valence-electron chi connectivity index (χ1n) is 6.52. The Morgan fingerprint density at radius 1 is 1.15 bits per heavy atom. The summed E-state index contributed by atoms with van der Waals surface area (Å²) in [7, 11) is 0. The number of nitrogens with two attached hydrogens (primary N) is 1. The lowest BCUT2D eigenvalue weighted by Crippen LogP contribution is -2.32. The second-order valence-corrected chi connectivity index (χ2v) is 5.27. The number of carbonyl (C=O) groups is 3. The van der Waals surface area contributed by atoms with Crippen molar-refractivity contribution in [2.45, 2.75) is 19.4 Å². The van der Waals surface area contributed by atoms with Crippen LogP contribution in [0.25, 0.3) is 0 Å². The number of piperidine rings is 1. The number of hydrogen-bond acceptors (Lipinski definition) is 4. The molecule has 3 amide bonds. The van der Waals surface area contributed by atoms with Crippen molar-refractivity contribution < 1.29 is 14.4 Å². The summed E-state index contributed by atoms with van der Waals surface area (Å²) >= 11 is 0. The standard InChI is InChI=1S/C14H15N3O3/c15-16-12(18)5-8-1-3-9(4-2-8)7-17-13(19)10-6-11(10)14(17)20/h1-4,10-11H,5-7,15H2,(H,16,18). The second-order valence-electron chi connectivity index (χ2n) is 5.27. The van der Waals surface area contributed by atoms with Gasteiger partial charge in [-0.25, -0.2) is 5.84 Å². The monoisotopic (exact) mass is 273 g/mol. The average Bonchev–Trinajstić information content (AvgIpc) is 3.21. The summed E-state index contributed by atoms with van der Waals surface area (Å²) in [4.78, 5) is 36.2. The molecule has 0 spiro atoms. The Morgan fingerprint density at radius 2 is 1.70 bits per heavy atom. The summed E-state index contributed by atoms with van der Waals surface area (Å²) in [5.41, 5.74) is 3.78. The number of amides is 3. The normalized spacial score (nSPS) is 23.8. The van der Waals surface area contributed by atoms with E-state index < -0.39 is 0 Å². The van der Waals surface area contributed by atoms with Gasteiger partial charge in [0.05, 0.1) is 24.8 Å². The van der Waals surface area contributed by atoms with Gasteiger partial charge in [-0.15, -0.1) is 0 Å². The summed E-state index contributed by atoms with van der Waals surface area (Å²) in [6, 6.07) is 7.25. The van der Waals surface area contributed by atoms with E-state index in [1.165, 1.54) is 4.90 Å². The van der Waals surface area contributed by atoms with Gasteiger partial charge in [-0.3, -0.25) is 24.7 Å². The van der Waals surface area contributed by atoms with Gasteiger partial charge in [-0.2, -0.15) is 0 Å². The Morgan fingerprint density at radius 3 is 2.25 bits per heavy atom. The molecule has 1 heterocycles. The van der Waals surface area contributed by atoms with Gasteiger partial charge in [0, 0.05) is 0 Å². The molecule has 1 aromatic carbocycles. The molecule has 3 rings (SSSR count). The Balaban J connectivity index is 1.65. The van der Waals surface area contributed by atoms with Crippen LogP contribution in [0.1, 0.15) is 17.5 Å². The molecule has 20 heavy (non-hydrogen) atoms. The third-order valence-electron chi connectivity index (χ3n) is 3.85. The number of imide groups is 1. The van der Waals surface area contributed by atoms with Crippen molar-refractivity contribution in [2.75, 3.05) is 0 Å².